The zero-order valence-electron chi connectivity index (χ0n) is 39.2. The number of ether oxygens (including phenoxy) is 3. The predicted molar refractivity (Wildman–Crippen MR) is 256 cm³/mol. The molecule has 0 radical (unpaired) electrons. The van der Waals surface area contributed by atoms with Crippen LogP contribution in [0.3, 0.4) is 0 Å². The number of carbonyl (C=O) groups excluding carboxylic acids is 3. The van der Waals surface area contributed by atoms with Gasteiger partial charge in [-0.05, 0) is 96.3 Å². The van der Waals surface area contributed by atoms with E-state index in [1.807, 2.05) is 0 Å². The minimum atomic E-state index is -0.806. The van der Waals surface area contributed by atoms with Crippen LogP contribution >= 0.6 is 0 Å². The molecule has 1 atom stereocenters. The van der Waals surface area contributed by atoms with Crippen molar-refractivity contribution in [1.82, 2.24) is 0 Å². The van der Waals surface area contributed by atoms with Gasteiger partial charge in [-0.15, -0.1) is 0 Å². The van der Waals surface area contributed by atoms with E-state index in [4.69, 9.17) is 14.2 Å². The molecule has 0 aromatic carbocycles. The van der Waals surface area contributed by atoms with Crippen molar-refractivity contribution in [3.8, 4) is 0 Å². The van der Waals surface area contributed by atoms with Crippen LogP contribution in [0.1, 0.15) is 233 Å². The van der Waals surface area contributed by atoms with E-state index >= 15 is 0 Å². The van der Waals surface area contributed by atoms with Crippen molar-refractivity contribution in [3.05, 3.63) is 72.9 Å². The molecule has 60 heavy (non-hydrogen) atoms. The van der Waals surface area contributed by atoms with Gasteiger partial charge < -0.3 is 14.2 Å². The van der Waals surface area contributed by atoms with Gasteiger partial charge in [0.2, 0.25) is 0 Å². The van der Waals surface area contributed by atoms with Crippen LogP contribution in [0.4, 0.5) is 0 Å². The predicted octanol–water partition coefficient (Wildman–Crippen LogP) is 16.3. The van der Waals surface area contributed by atoms with E-state index in [9.17, 15) is 14.4 Å². The first-order chi connectivity index (χ1) is 29.5. The van der Waals surface area contributed by atoms with Crippen molar-refractivity contribution in [2.24, 2.45) is 0 Å². The summed E-state index contributed by atoms with van der Waals surface area (Å²) in [5.41, 5.74) is 0. The molecule has 0 rings (SSSR count). The minimum absolute atomic E-state index is 0.102. The van der Waals surface area contributed by atoms with E-state index in [0.717, 1.165) is 83.5 Å². The number of allylic oxidation sites excluding steroid dienone is 12. The van der Waals surface area contributed by atoms with Crippen molar-refractivity contribution in [2.75, 3.05) is 13.2 Å². The molecule has 0 saturated heterocycles. The highest BCUT2D eigenvalue weighted by Gasteiger charge is 2.19. The van der Waals surface area contributed by atoms with Crippen molar-refractivity contribution < 1.29 is 28.6 Å². The first-order valence-corrected chi connectivity index (χ1v) is 25.0. The summed E-state index contributed by atoms with van der Waals surface area (Å²) in [7, 11) is 0. The SMILES string of the molecule is CC/C=C\C/C=C\C/C=C\CCCCC(=O)OC(COC(=O)CCCCC/C=C\C=C/CCCC)COC(=O)CCCCCCCCC/C=C\CCCCCCCCCC. The smallest absolute Gasteiger partial charge is 0.306 e. The molecule has 6 heteroatoms. The molecule has 0 aliphatic carbocycles. The van der Waals surface area contributed by atoms with Crippen LogP contribution in [0.25, 0.3) is 0 Å². The lowest BCUT2D eigenvalue weighted by Crippen LogP contribution is -2.30. The van der Waals surface area contributed by atoms with Gasteiger partial charge in [-0.1, -0.05) is 190 Å². The maximum absolute atomic E-state index is 12.7. The lowest BCUT2D eigenvalue weighted by atomic mass is 10.1. The van der Waals surface area contributed by atoms with Crippen LogP contribution < -0.4 is 0 Å². The van der Waals surface area contributed by atoms with Crippen LogP contribution in [0.15, 0.2) is 72.9 Å². The summed E-state index contributed by atoms with van der Waals surface area (Å²) in [6.45, 7) is 6.40. The van der Waals surface area contributed by atoms with Crippen LogP contribution in [0.2, 0.25) is 0 Å². The van der Waals surface area contributed by atoms with E-state index in [1.165, 1.54) is 103 Å². The quantitative estimate of drug-likeness (QED) is 0.0200. The second-order valence-corrected chi connectivity index (χ2v) is 16.4. The summed E-state index contributed by atoms with van der Waals surface area (Å²) in [5, 5.41) is 0. The Bertz CT molecular complexity index is 1140. The third kappa shape index (κ3) is 45.9. The van der Waals surface area contributed by atoms with Crippen LogP contribution in [-0.2, 0) is 28.6 Å². The van der Waals surface area contributed by atoms with Gasteiger partial charge in [-0.2, -0.15) is 0 Å². The van der Waals surface area contributed by atoms with Crippen LogP contribution in [-0.4, -0.2) is 37.2 Å². The Balaban J connectivity index is 4.38. The van der Waals surface area contributed by atoms with E-state index in [2.05, 4.69) is 93.7 Å². The molecule has 0 spiro atoms. The normalized spacial score (nSPS) is 12.7. The van der Waals surface area contributed by atoms with Gasteiger partial charge in [-0.3, -0.25) is 14.4 Å². The molecule has 0 aromatic rings. The maximum Gasteiger partial charge on any atom is 0.306 e. The molecule has 0 aliphatic heterocycles. The summed E-state index contributed by atoms with van der Waals surface area (Å²) in [6, 6.07) is 0. The number of unbranched alkanes of at least 4 members (excludes halogenated alkanes) is 22. The fourth-order valence-corrected chi connectivity index (χ4v) is 6.66. The van der Waals surface area contributed by atoms with Gasteiger partial charge in [0.25, 0.3) is 0 Å². The molecule has 344 valence electrons. The molecular weight excluding hydrogens is 745 g/mol. The molecule has 0 amide bonds. The Morgan fingerprint density at radius 2 is 0.717 bits per heavy atom. The van der Waals surface area contributed by atoms with Gasteiger partial charge in [0.1, 0.15) is 13.2 Å². The maximum atomic E-state index is 12.7. The van der Waals surface area contributed by atoms with Crippen molar-refractivity contribution in [3.63, 3.8) is 0 Å². The zero-order chi connectivity index (χ0) is 43.7. The number of hydrogen-bond donors (Lipinski definition) is 0. The van der Waals surface area contributed by atoms with E-state index in [0.29, 0.717) is 19.3 Å². The van der Waals surface area contributed by atoms with Gasteiger partial charge >= 0.3 is 17.9 Å². The number of rotatable bonds is 44. The lowest BCUT2D eigenvalue weighted by molar-refractivity contribution is -0.167. The fraction of sp³-hybridized carbons (Fsp3) is 0.722. The van der Waals surface area contributed by atoms with E-state index in [-0.39, 0.29) is 37.5 Å². The van der Waals surface area contributed by atoms with Gasteiger partial charge in [-0.25, -0.2) is 0 Å². The number of hydrogen-bond acceptors (Lipinski definition) is 6. The van der Waals surface area contributed by atoms with Crippen molar-refractivity contribution in [2.45, 2.75) is 239 Å². The number of esters is 3. The second kappa shape index (κ2) is 48.5. The highest BCUT2D eigenvalue weighted by atomic mass is 16.6. The Hall–Kier alpha value is -3.15. The monoisotopic (exact) mass is 837 g/mol. The fourth-order valence-electron chi connectivity index (χ4n) is 6.66. The first kappa shape index (κ1) is 56.9. The zero-order valence-corrected chi connectivity index (χ0v) is 39.2. The Morgan fingerprint density at radius 1 is 0.367 bits per heavy atom. The van der Waals surface area contributed by atoms with Crippen LogP contribution in [0, 0.1) is 0 Å². The summed E-state index contributed by atoms with van der Waals surface area (Å²) >= 11 is 0. The third-order valence-corrected chi connectivity index (χ3v) is 10.4. The van der Waals surface area contributed by atoms with Crippen LogP contribution in [0.5, 0.6) is 0 Å². The van der Waals surface area contributed by atoms with Crippen molar-refractivity contribution >= 4 is 17.9 Å². The Morgan fingerprint density at radius 3 is 1.23 bits per heavy atom. The topological polar surface area (TPSA) is 78.9 Å². The minimum Gasteiger partial charge on any atom is -0.462 e. The van der Waals surface area contributed by atoms with E-state index in [1.54, 1.807) is 0 Å². The van der Waals surface area contributed by atoms with Gasteiger partial charge in [0.15, 0.2) is 6.10 Å². The molecule has 0 fully saturated rings. The average Bonchev–Trinajstić information content (AvgIpc) is 3.24. The lowest BCUT2D eigenvalue weighted by Gasteiger charge is -2.18. The Labute approximate surface area is 370 Å². The average molecular weight is 837 g/mol. The summed E-state index contributed by atoms with van der Waals surface area (Å²) in [5.74, 6) is -0.977. The molecule has 1 unspecified atom stereocenters. The summed E-state index contributed by atoms with van der Waals surface area (Å²) < 4.78 is 16.7. The Kier molecular flexibility index (Phi) is 46.0. The third-order valence-electron chi connectivity index (χ3n) is 10.4. The number of carbonyl (C=O) groups is 3. The molecule has 0 bridgehead atoms. The standard InChI is InChI=1S/C54H92O6/c1-4-7-10-13-16-19-22-24-25-26-27-28-29-30-33-35-38-41-44-47-53(56)59-50-51(49-58-52(55)46-43-40-37-34-31-21-18-15-12-9-6-3)60-54(57)48-45-42-39-36-32-23-20-17-14-11-8-5-2/h8,11,15,17-18,20-21,26-27,31-32,36,51H,4-7,9-10,12-14,16,19,22-25,28-30,33-35,37-50H2,1-3H3/b11-8-,18-15-,20-17-,27-26-,31-21-,36-32-. The van der Waals surface area contributed by atoms with Crippen molar-refractivity contribution in [1.29, 1.82) is 0 Å². The summed E-state index contributed by atoms with van der Waals surface area (Å²) in [4.78, 5) is 37.8. The largest absolute Gasteiger partial charge is 0.462 e. The molecule has 6 nitrogen and oxygen atoms in total. The highest BCUT2D eigenvalue weighted by Crippen LogP contribution is 2.14. The molecule has 0 aliphatic rings. The first-order valence-electron chi connectivity index (χ1n) is 25.0. The van der Waals surface area contributed by atoms with E-state index < -0.39 is 6.10 Å². The second-order valence-electron chi connectivity index (χ2n) is 16.4. The van der Waals surface area contributed by atoms with Gasteiger partial charge in [0.05, 0.1) is 0 Å². The van der Waals surface area contributed by atoms with Gasteiger partial charge in [0, 0.05) is 19.3 Å². The summed E-state index contributed by atoms with van der Waals surface area (Å²) in [6.07, 6.45) is 60.4. The molecule has 0 N–H and O–H groups in total. The molecular formula is C54H92O6. The molecule has 0 aromatic heterocycles. The molecule has 0 saturated carbocycles. The highest BCUT2D eigenvalue weighted by molar-refractivity contribution is 5.71. The molecule has 0 heterocycles.